The van der Waals surface area contributed by atoms with Crippen molar-refractivity contribution in [2.24, 2.45) is 60.7 Å². The number of hydrogen-bond donors (Lipinski definition) is 4. The number of aliphatic hydroxyl groups is 2. The van der Waals surface area contributed by atoms with Crippen LogP contribution in [0.15, 0.2) is 212 Å². The van der Waals surface area contributed by atoms with Crippen molar-refractivity contribution in [3.63, 3.8) is 0 Å². The Hall–Kier alpha value is -8.92. The quantitative estimate of drug-likeness (QED) is 0.0202. The van der Waals surface area contributed by atoms with Gasteiger partial charge in [-0.3, -0.25) is 0 Å². The minimum atomic E-state index is 0.0972. The molecule has 0 saturated carbocycles. The van der Waals surface area contributed by atoms with Crippen molar-refractivity contribution >= 4 is 63.3 Å². The molecule has 4 aromatic heterocycles. The van der Waals surface area contributed by atoms with Gasteiger partial charge in [-0.1, -0.05) is 35.2 Å². The summed E-state index contributed by atoms with van der Waals surface area (Å²) in [5, 5.41) is 55.5. The second-order valence-electron chi connectivity index (χ2n) is 20.2. The van der Waals surface area contributed by atoms with Crippen molar-refractivity contribution in [3.8, 4) is 5.75 Å². The lowest BCUT2D eigenvalue weighted by Gasteiger charge is -2.11. The molecule has 0 spiro atoms. The number of imidazole rings is 2. The van der Waals surface area contributed by atoms with Gasteiger partial charge in [-0.15, -0.1) is 0 Å². The van der Waals surface area contributed by atoms with Crippen molar-refractivity contribution in [3.05, 3.63) is 171 Å². The van der Waals surface area contributed by atoms with Gasteiger partial charge < -0.3 is 35.8 Å². The number of azo groups is 4. The SMILES string of the molecule is CN(C)c1ccc(N=Nc2cccc[n+]2CCCCCCn2cc[n+](C)c2N=Nc2ccc(NCCO)cc2)cc1.COc1ccc(N=Nc2n(CCCCCC[n+]3ccccc3N=Nc3ccc(N(C)C)cc3)cc[n+]2C)cc1.NCCO. The molecule has 0 saturated heterocycles. The largest absolute Gasteiger partial charge is 0.497 e. The van der Waals surface area contributed by atoms with E-state index in [9.17, 15) is 0 Å². The molecule has 0 atom stereocenters. The number of pyridine rings is 2. The van der Waals surface area contributed by atoms with E-state index in [1.807, 2.05) is 197 Å². The number of aliphatic hydroxyl groups excluding tert-OH is 2. The minimum Gasteiger partial charge on any atom is -0.497 e. The molecule has 0 aliphatic heterocycles. The lowest BCUT2D eigenvalue weighted by Crippen LogP contribution is -2.33. The topological polar surface area (TPSA) is 218 Å². The zero-order chi connectivity index (χ0) is 59.7. The van der Waals surface area contributed by atoms with Crippen LogP contribution < -0.4 is 43.9 Å². The summed E-state index contributed by atoms with van der Waals surface area (Å²) in [4.78, 5) is 4.13. The first-order chi connectivity index (χ1) is 41.0. The van der Waals surface area contributed by atoms with E-state index in [4.69, 9.17) is 20.7 Å². The maximum Gasteiger partial charge on any atom is 0.421 e. The third kappa shape index (κ3) is 21.8. The molecule has 442 valence electrons. The van der Waals surface area contributed by atoms with Crippen LogP contribution in [0.5, 0.6) is 5.75 Å². The van der Waals surface area contributed by atoms with Crippen LogP contribution in [0, 0.1) is 0 Å². The van der Waals surface area contributed by atoms with E-state index in [1.54, 1.807) is 7.11 Å². The minimum absolute atomic E-state index is 0.0972. The number of ether oxygens (including phenoxy) is 1. The first kappa shape index (κ1) is 64.3. The Kier molecular flexibility index (Phi) is 27.4. The summed E-state index contributed by atoms with van der Waals surface area (Å²) >= 11 is 0. The molecule has 0 fully saturated rings. The summed E-state index contributed by atoms with van der Waals surface area (Å²) < 4.78 is 17.8. The van der Waals surface area contributed by atoms with Gasteiger partial charge in [0.2, 0.25) is 0 Å². The summed E-state index contributed by atoms with van der Waals surface area (Å²) in [6.07, 6.45) is 21.1. The highest BCUT2D eigenvalue weighted by Gasteiger charge is 2.17. The fraction of sp³-hybridized carbons (Fsp3) is 0.365. The number of methoxy groups -OCH3 is 1. The lowest BCUT2D eigenvalue weighted by molar-refractivity contribution is -0.685. The summed E-state index contributed by atoms with van der Waals surface area (Å²) in [5.74, 6) is 4.17. The molecule has 0 aliphatic carbocycles. The van der Waals surface area contributed by atoms with E-state index in [2.05, 4.69) is 99.1 Å². The molecule has 0 bridgehead atoms. The average Bonchev–Trinajstić information content (AvgIpc) is 4.12. The fourth-order valence-corrected chi connectivity index (χ4v) is 8.52. The molecule has 21 heteroatoms. The van der Waals surface area contributed by atoms with Gasteiger partial charge in [0.15, 0.2) is 0 Å². The Bertz CT molecular complexity index is 3260. The van der Waals surface area contributed by atoms with Gasteiger partial charge in [0.05, 0.1) is 108 Å². The smallest absolute Gasteiger partial charge is 0.421 e. The van der Waals surface area contributed by atoms with Crippen LogP contribution in [0.1, 0.15) is 51.4 Å². The highest BCUT2D eigenvalue weighted by atomic mass is 16.5. The van der Waals surface area contributed by atoms with Crippen molar-refractivity contribution in [1.29, 1.82) is 0 Å². The number of aryl methyl sites for hydroxylation is 6. The van der Waals surface area contributed by atoms with Crippen LogP contribution in [0.3, 0.4) is 0 Å². The molecule has 8 aromatic rings. The van der Waals surface area contributed by atoms with Gasteiger partial charge in [0.1, 0.15) is 28.5 Å². The maximum absolute atomic E-state index is 8.94. The monoisotopic (exact) mass is 1140 g/mol. The van der Waals surface area contributed by atoms with Gasteiger partial charge >= 0.3 is 23.5 Å². The number of nitrogens with two attached hydrogens (primary N) is 1. The molecular formula is C63H86N18O3+4. The Morgan fingerprint density at radius 3 is 1.26 bits per heavy atom. The van der Waals surface area contributed by atoms with Crippen molar-refractivity contribution < 1.29 is 33.2 Å². The Labute approximate surface area is 495 Å². The van der Waals surface area contributed by atoms with Gasteiger partial charge in [-0.25, -0.2) is 27.4 Å². The van der Waals surface area contributed by atoms with Gasteiger partial charge in [0, 0.05) is 80.7 Å². The van der Waals surface area contributed by atoms with Crippen LogP contribution in [0.25, 0.3) is 0 Å². The fourth-order valence-electron chi connectivity index (χ4n) is 8.52. The van der Waals surface area contributed by atoms with Crippen LogP contribution in [0.4, 0.5) is 63.3 Å². The molecule has 4 aromatic carbocycles. The number of hydrogen-bond acceptors (Lipinski definition) is 15. The molecule has 8 rings (SSSR count). The van der Waals surface area contributed by atoms with E-state index in [0.29, 0.717) is 13.1 Å². The third-order valence-corrected chi connectivity index (χ3v) is 13.3. The molecule has 21 nitrogen and oxygen atoms in total. The van der Waals surface area contributed by atoms with E-state index >= 15 is 0 Å². The molecule has 0 unspecified atom stereocenters. The number of benzene rings is 4. The zero-order valence-electron chi connectivity index (χ0n) is 50.0. The molecule has 84 heavy (non-hydrogen) atoms. The molecular weight excluding hydrogens is 1060 g/mol. The van der Waals surface area contributed by atoms with Gasteiger partial charge in [-0.2, -0.15) is 0 Å². The number of nitrogens with zero attached hydrogens (tertiary/aromatic N) is 16. The Morgan fingerprint density at radius 2 is 0.869 bits per heavy atom. The Morgan fingerprint density at radius 1 is 0.476 bits per heavy atom. The zero-order valence-corrected chi connectivity index (χ0v) is 50.0. The predicted molar refractivity (Wildman–Crippen MR) is 331 cm³/mol. The molecule has 0 aliphatic rings. The van der Waals surface area contributed by atoms with E-state index in [-0.39, 0.29) is 13.2 Å². The van der Waals surface area contributed by atoms with E-state index in [0.717, 1.165) is 147 Å². The van der Waals surface area contributed by atoms with Crippen LogP contribution in [0.2, 0.25) is 0 Å². The number of unbranched alkanes of at least 4 members (excludes halogenated alkanes) is 6. The maximum atomic E-state index is 8.94. The van der Waals surface area contributed by atoms with Crippen molar-refractivity contribution in [2.75, 3.05) is 76.7 Å². The normalized spacial score (nSPS) is 11.3. The number of anilines is 3. The number of aromatic nitrogens is 6. The summed E-state index contributed by atoms with van der Waals surface area (Å²) in [6.45, 7) is 4.71. The highest BCUT2D eigenvalue weighted by Crippen LogP contribution is 2.24. The first-order valence-electron chi connectivity index (χ1n) is 28.7. The Balaban J connectivity index is 0.000000254. The van der Waals surface area contributed by atoms with E-state index < -0.39 is 0 Å². The summed E-state index contributed by atoms with van der Waals surface area (Å²) in [5.41, 5.74) is 11.3. The number of rotatable bonds is 29. The molecule has 4 heterocycles. The number of nitrogens with one attached hydrogen (secondary N) is 1. The average molecular weight is 1140 g/mol. The molecule has 0 amide bonds. The predicted octanol–water partition coefficient (Wildman–Crippen LogP) is 11.9. The van der Waals surface area contributed by atoms with Crippen molar-refractivity contribution in [1.82, 2.24) is 9.13 Å². The van der Waals surface area contributed by atoms with Gasteiger partial charge in [0.25, 0.3) is 0 Å². The lowest BCUT2D eigenvalue weighted by atomic mass is 10.2. The standard InChI is InChI=1S/C31H40N9O.C30H38N8O.C2H7NO/c1-37(2)29-17-15-28(16-18-29)33-35-30-10-6-9-21-39(30)20-7-4-5-8-22-40-24-23-38(3)31(40)36-34-27-13-11-26(12-14-27)32-19-25-41;1-35(2)27-16-12-25(13-17-27)31-33-29-11-7-10-21-37(29)20-8-5-6-9-22-38-24-23-36(3)30(38)34-32-26-14-18-28(39-4)19-15-26;3-1-2-4/h6,9-18,21,23-24,41H,4-5,7-8,19-20,22,25H2,1-3H3;7,10-19,21,23-24H,5-6,8-9,20,22H2,1-4H3;4H,1-3H2/q+1;+2;/p+1. The second kappa shape index (κ2) is 35.8. The highest BCUT2D eigenvalue weighted by molar-refractivity contribution is 5.53. The van der Waals surface area contributed by atoms with Crippen LogP contribution >= 0.6 is 0 Å². The molecule has 0 radical (unpaired) electrons. The van der Waals surface area contributed by atoms with Gasteiger partial charge in [-0.05, 0) is 158 Å². The van der Waals surface area contributed by atoms with E-state index in [1.165, 1.54) is 0 Å². The van der Waals surface area contributed by atoms with Crippen molar-refractivity contribution in [2.45, 2.75) is 77.5 Å². The van der Waals surface area contributed by atoms with Crippen LogP contribution in [-0.2, 0) is 40.3 Å². The third-order valence-electron chi connectivity index (χ3n) is 13.3. The summed E-state index contributed by atoms with van der Waals surface area (Å²) in [7, 11) is 13.7. The van der Waals surface area contributed by atoms with Crippen LogP contribution in [-0.4, -0.2) is 81.0 Å². The second-order valence-corrected chi connectivity index (χ2v) is 20.2. The first-order valence-corrected chi connectivity index (χ1v) is 28.7. The summed E-state index contributed by atoms with van der Waals surface area (Å²) in [6, 6.07) is 43.5. The molecule has 5 N–H and O–H groups in total.